The van der Waals surface area contributed by atoms with Crippen LogP contribution in [0.4, 0.5) is 0 Å². The van der Waals surface area contributed by atoms with Gasteiger partial charge in [0.05, 0.1) is 0 Å². The molecule has 0 radical (unpaired) electrons. The highest BCUT2D eigenvalue weighted by molar-refractivity contribution is 5.85. The van der Waals surface area contributed by atoms with Gasteiger partial charge in [-0.2, -0.15) is 0 Å². The number of hydrogen-bond donors (Lipinski definition) is 1. The van der Waals surface area contributed by atoms with E-state index in [0.717, 1.165) is 17.9 Å². The molecule has 0 amide bonds. The lowest BCUT2D eigenvalue weighted by molar-refractivity contribution is 0.295. The van der Waals surface area contributed by atoms with E-state index in [9.17, 15) is 0 Å². The Morgan fingerprint density at radius 3 is 3.05 bits per heavy atom. The van der Waals surface area contributed by atoms with Gasteiger partial charge in [-0.3, -0.25) is 4.90 Å². The van der Waals surface area contributed by atoms with Crippen LogP contribution in [0.1, 0.15) is 50.3 Å². The van der Waals surface area contributed by atoms with Crippen molar-refractivity contribution in [2.24, 2.45) is 5.92 Å². The number of fused-ring (bicyclic) bond motifs is 5. The molecule has 2 nitrogen and oxygen atoms in total. The SMILES string of the molecule is CC[C@]12C[C@H](C)C[C@@H]3c4[nH]c5ccccc5c4CCN1[C@@H]32. The topological polar surface area (TPSA) is 18.8 Å². The van der Waals surface area contributed by atoms with Crippen molar-refractivity contribution in [1.29, 1.82) is 0 Å². The fourth-order valence-electron chi connectivity index (χ4n) is 5.77. The highest BCUT2D eigenvalue weighted by Gasteiger charge is 2.67. The summed E-state index contributed by atoms with van der Waals surface area (Å²) in [6.45, 7) is 6.12. The van der Waals surface area contributed by atoms with Crippen LogP contribution in [0.15, 0.2) is 24.3 Å². The Morgan fingerprint density at radius 2 is 2.19 bits per heavy atom. The third kappa shape index (κ3) is 1.42. The summed E-state index contributed by atoms with van der Waals surface area (Å²) < 4.78 is 0. The lowest BCUT2D eigenvalue weighted by Gasteiger charge is -2.31. The minimum absolute atomic E-state index is 0.539. The number of aromatic nitrogens is 1. The van der Waals surface area contributed by atoms with Crippen molar-refractivity contribution in [2.75, 3.05) is 6.54 Å². The summed E-state index contributed by atoms with van der Waals surface area (Å²) in [5.41, 5.74) is 5.07. The third-order valence-corrected chi connectivity index (χ3v) is 6.56. The van der Waals surface area contributed by atoms with Gasteiger partial charge in [0.1, 0.15) is 0 Å². The van der Waals surface area contributed by atoms with Crippen LogP contribution in [0.25, 0.3) is 10.9 Å². The molecule has 2 aliphatic heterocycles. The van der Waals surface area contributed by atoms with E-state index in [2.05, 4.69) is 48.0 Å². The summed E-state index contributed by atoms with van der Waals surface area (Å²) in [5, 5.41) is 1.47. The van der Waals surface area contributed by atoms with Crippen molar-refractivity contribution < 1.29 is 0 Å². The first-order chi connectivity index (χ1) is 10.2. The fourth-order valence-corrected chi connectivity index (χ4v) is 5.77. The molecular formula is C19H24N2. The number of aromatic amines is 1. The average Bonchev–Trinajstić information content (AvgIpc) is 3.04. The predicted octanol–water partition coefficient (Wildman–Crippen LogP) is 4.07. The molecule has 5 atom stereocenters. The van der Waals surface area contributed by atoms with E-state index in [0.29, 0.717) is 5.54 Å². The zero-order chi connectivity index (χ0) is 14.2. The van der Waals surface area contributed by atoms with Crippen LogP contribution < -0.4 is 0 Å². The second-order valence-corrected chi connectivity index (χ2v) is 7.56. The molecule has 110 valence electrons. The second-order valence-electron chi connectivity index (χ2n) is 7.56. The molecule has 1 aromatic heterocycles. The van der Waals surface area contributed by atoms with Gasteiger partial charge in [-0.25, -0.2) is 0 Å². The van der Waals surface area contributed by atoms with E-state index < -0.39 is 0 Å². The number of benzene rings is 1. The van der Waals surface area contributed by atoms with Gasteiger partial charge in [0.15, 0.2) is 0 Å². The normalized spacial score (nSPS) is 40.5. The Labute approximate surface area is 126 Å². The monoisotopic (exact) mass is 280 g/mol. The Kier molecular flexibility index (Phi) is 2.29. The van der Waals surface area contributed by atoms with Crippen LogP contribution in [0.2, 0.25) is 0 Å². The second kappa shape index (κ2) is 3.92. The van der Waals surface area contributed by atoms with Crippen LogP contribution in [-0.2, 0) is 6.42 Å². The summed E-state index contributed by atoms with van der Waals surface area (Å²) in [7, 11) is 0. The maximum atomic E-state index is 3.80. The first-order valence-corrected chi connectivity index (χ1v) is 8.61. The summed E-state index contributed by atoms with van der Waals surface area (Å²) in [6, 6.07) is 9.70. The number of nitrogens with zero attached hydrogens (tertiary/aromatic N) is 1. The van der Waals surface area contributed by atoms with E-state index >= 15 is 0 Å². The van der Waals surface area contributed by atoms with Crippen molar-refractivity contribution in [3.63, 3.8) is 0 Å². The van der Waals surface area contributed by atoms with Crippen LogP contribution in [-0.4, -0.2) is 28.0 Å². The Hall–Kier alpha value is -1.28. The Morgan fingerprint density at radius 1 is 1.33 bits per heavy atom. The highest BCUT2D eigenvalue weighted by Crippen LogP contribution is 2.61. The maximum Gasteiger partial charge on any atom is 0.0459 e. The van der Waals surface area contributed by atoms with Gasteiger partial charge in [-0.1, -0.05) is 32.0 Å². The smallest absolute Gasteiger partial charge is 0.0459 e. The van der Waals surface area contributed by atoms with Gasteiger partial charge in [0.2, 0.25) is 0 Å². The van der Waals surface area contributed by atoms with E-state index in [1.807, 2.05) is 0 Å². The zero-order valence-corrected chi connectivity index (χ0v) is 13.0. The first kappa shape index (κ1) is 12.3. The van der Waals surface area contributed by atoms with E-state index in [-0.39, 0.29) is 0 Å². The number of nitrogens with one attached hydrogen (secondary N) is 1. The molecule has 5 rings (SSSR count). The molecule has 3 heterocycles. The molecule has 1 saturated carbocycles. The van der Waals surface area contributed by atoms with Crippen LogP contribution in [0, 0.1) is 5.92 Å². The summed E-state index contributed by atoms with van der Waals surface area (Å²) >= 11 is 0. The Bertz CT molecular complexity index is 715. The van der Waals surface area contributed by atoms with Crippen molar-refractivity contribution in [3.8, 4) is 0 Å². The fraction of sp³-hybridized carbons (Fsp3) is 0.579. The summed E-state index contributed by atoms with van der Waals surface area (Å²) in [5.74, 6) is 1.59. The molecule has 1 saturated heterocycles. The molecule has 3 aliphatic rings. The maximum absolute atomic E-state index is 3.80. The largest absolute Gasteiger partial charge is 0.358 e. The molecular weight excluding hydrogens is 256 g/mol. The molecule has 2 fully saturated rings. The zero-order valence-electron chi connectivity index (χ0n) is 13.0. The molecule has 1 aromatic carbocycles. The van der Waals surface area contributed by atoms with Gasteiger partial charge in [0, 0.05) is 40.6 Å². The number of H-pyrrole nitrogens is 1. The number of para-hydroxylation sites is 1. The first-order valence-electron chi connectivity index (χ1n) is 8.61. The molecule has 2 aromatic rings. The standard InChI is InChI=1S/C19H24N2/c1-3-19-11-12(2)10-15-17-14(8-9-21(19)18(15)19)13-6-4-5-7-16(13)20-17/h4-7,12,15,18,20H,3,8-11H2,1-2H3/t12-,15-,18+,19-,21?/m1/s1. The van der Waals surface area contributed by atoms with Gasteiger partial charge >= 0.3 is 0 Å². The summed E-state index contributed by atoms with van der Waals surface area (Å²) in [4.78, 5) is 6.64. The van der Waals surface area contributed by atoms with Crippen molar-refractivity contribution >= 4 is 10.9 Å². The van der Waals surface area contributed by atoms with Crippen molar-refractivity contribution in [1.82, 2.24) is 9.88 Å². The minimum Gasteiger partial charge on any atom is -0.358 e. The molecule has 21 heavy (non-hydrogen) atoms. The lowest BCUT2D eigenvalue weighted by atomic mass is 9.73. The molecule has 0 spiro atoms. The van der Waals surface area contributed by atoms with Crippen molar-refractivity contribution in [2.45, 2.75) is 57.0 Å². The van der Waals surface area contributed by atoms with E-state index in [1.165, 1.54) is 43.1 Å². The van der Waals surface area contributed by atoms with E-state index in [4.69, 9.17) is 0 Å². The average molecular weight is 280 g/mol. The highest BCUT2D eigenvalue weighted by atomic mass is 15.4. The minimum atomic E-state index is 0.539. The summed E-state index contributed by atoms with van der Waals surface area (Å²) in [6.07, 6.45) is 5.33. The lowest BCUT2D eigenvalue weighted by Crippen LogP contribution is -2.30. The Balaban J connectivity index is 1.69. The molecule has 1 N–H and O–H groups in total. The molecule has 0 bridgehead atoms. The van der Waals surface area contributed by atoms with Gasteiger partial charge in [0.25, 0.3) is 0 Å². The van der Waals surface area contributed by atoms with Crippen LogP contribution in [0.3, 0.4) is 0 Å². The third-order valence-electron chi connectivity index (χ3n) is 6.56. The predicted molar refractivity (Wildman–Crippen MR) is 86.7 cm³/mol. The molecule has 1 aliphatic carbocycles. The van der Waals surface area contributed by atoms with Gasteiger partial charge in [-0.15, -0.1) is 0 Å². The van der Waals surface area contributed by atoms with Gasteiger partial charge < -0.3 is 4.98 Å². The van der Waals surface area contributed by atoms with Crippen molar-refractivity contribution in [3.05, 3.63) is 35.5 Å². The van der Waals surface area contributed by atoms with E-state index in [1.54, 1.807) is 11.3 Å². The quantitative estimate of drug-likeness (QED) is 0.780. The van der Waals surface area contributed by atoms with Crippen LogP contribution >= 0.6 is 0 Å². The molecule has 2 heteroatoms. The van der Waals surface area contributed by atoms with Gasteiger partial charge in [-0.05, 0) is 43.2 Å². The number of hydrogen-bond acceptors (Lipinski definition) is 1. The molecule has 1 unspecified atom stereocenters. The number of rotatable bonds is 1. The van der Waals surface area contributed by atoms with Crippen LogP contribution in [0.5, 0.6) is 0 Å².